The van der Waals surface area contributed by atoms with Crippen LogP contribution >= 0.6 is 0 Å². The van der Waals surface area contributed by atoms with Crippen molar-refractivity contribution < 1.29 is 18.3 Å². The zero-order valence-electron chi connectivity index (χ0n) is 12.4. The number of nitrogens with zero attached hydrogens (tertiary/aromatic N) is 1. The van der Waals surface area contributed by atoms with Crippen LogP contribution < -0.4 is 10.5 Å². The standard InChI is InChI=1S/C14H21N3O4S/c1-2-17-7-3-4-10(17)9-16-14(19)12-8-11(22(15,20)21)5-6-13(12)18/h5-6,8,10,18H,2-4,7,9H2,1H3,(H,16,19)(H2,15,20,21)/t10-/m1/s1. The minimum atomic E-state index is -3.92. The van der Waals surface area contributed by atoms with E-state index in [1.807, 2.05) is 0 Å². The van der Waals surface area contributed by atoms with E-state index in [1.54, 1.807) is 0 Å². The van der Waals surface area contributed by atoms with Gasteiger partial charge in [-0.1, -0.05) is 6.92 Å². The van der Waals surface area contributed by atoms with Crippen molar-refractivity contribution in [3.8, 4) is 5.75 Å². The first-order valence-electron chi connectivity index (χ1n) is 7.21. The number of aromatic hydroxyl groups is 1. The van der Waals surface area contributed by atoms with Crippen molar-refractivity contribution in [3.63, 3.8) is 0 Å². The van der Waals surface area contributed by atoms with Gasteiger partial charge in [0.15, 0.2) is 0 Å². The molecule has 1 aromatic carbocycles. The highest BCUT2D eigenvalue weighted by molar-refractivity contribution is 7.89. The Morgan fingerprint density at radius 2 is 2.23 bits per heavy atom. The number of sulfonamides is 1. The van der Waals surface area contributed by atoms with Gasteiger partial charge in [-0.25, -0.2) is 13.6 Å². The topological polar surface area (TPSA) is 113 Å². The Hall–Kier alpha value is -1.64. The largest absolute Gasteiger partial charge is 0.507 e. The van der Waals surface area contributed by atoms with Gasteiger partial charge in [-0.3, -0.25) is 9.69 Å². The highest BCUT2D eigenvalue weighted by Crippen LogP contribution is 2.21. The molecular formula is C14H21N3O4S. The summed E-state index contributed by atoms with van der Waals surface area (Å²) in [4.78, 5) is 14.2. The van der Waals surface area contributed by atoms with Gasteiger partial charge in [0, 0.05) is 12.6 Å². The summed E-state index contributed by atoms with van der Waals surface area (Å²) in [5, 5.41) is 17.5. The molecule has 0 bridgehead atoms. The summed E-state index contributed by atoms with van der Waals surface area (Å²) in [5.74, 6) is -0.783. The van der Waals surface area contributed by atoms with E-state index in [0.717, 1.165) is 44.1 Å². The highest BCUT2D eigenvalue weighted by atomic mass is 32.2. The second-order valence-corrected chi connectivity index (χ2v) is 6.92. The van der Waals surface area contributed by atoms with Crippen molar-refractivity contribution in [2.24, 2.45) is 5.14 Å². The Morgan fingerprint density at radius 3 is 2.86 bits per heavy atom. The van der Waals surface area contributed by atoms with E-state index in [9.17, 15) is 18.3 Å². The Bertz CT molecular complexity index is 660. The highest BCUT2D eigenvalue weighted by Gasteiger charge is 2.24. The number of primary sulfonamides is 1. The van der Waals surface area contributed by atoms with Gasteiger partial charge in [0.05, 0.1) is 10.5 Å². The van der Waals surface area contributed by atoms with Gasteiger partial charge >= 0.3 is 0 Å². The minimum absolute atomic E-state index is 0.0902. The first-order valence-corrected chi connectivity index (χ1v) is 8.75. The Morgan fingerprint density at radius 1 is 1.50 bits per heavy atom. The normalized spacial score (nSPS) is 19.3. The number of phenolic OH excluding ortho intramolecular Hbond substituents is 1. The predicted molar refractivity (Wildman–Crippen MR) is 82.1 cm³/mol. The molecule has 0 saturated carbocycles. The Labute approximate surface area is 130 Å². The second kappa shape index (κ2) is 6.64. The quantitative estimate of drug-likeness (QED) is 0.718. The van der Waals surface area contributed by atoms with Crippen molar-refractivity contribution in [1.82, 2.24) is 10.2 Å². The van der Waals surface area contributed by atoms with Crippen LogP contribution in [0, 0.1) is 0 Å². The molecule has 7 nitrogen and oxygen atoms in total. The molecule has 0 unspecified atom stereocenters. The lowest BCUT2D eigenvalue weighted by Gasteiger charge is -2.23. The Kier molecular flexibility index (Phi) is 5.05. The third-order valence-corrected chi connectivity index (χ3v) is 4.86. The number of likely N-dealkylation sites (tertiary alicyclic amines) is 1. The molecule has 1 atom stereocenters. The van der Waals surface area contributed by atoms with Crippen LogP contribution in [0.1, 0.15) is 30.1 Å². The van der Waals surface area contributed by atoms with E-state index in [0.29, 0.717) is 6.54 Å². The molecule has 8 heteroatoms. The van der Waals surface area contributed by atoms with Gasteiger partial charge in [-0.05, 0) is 44.1 Å². The maximum absolute atomic E-state index is 12.2. The van der Waals surface area contributed by atoms with Crippen molar-refractivity contribution in [2.45, 2.75) is 30.7 Å². The van der Waals surface area contributed by atoms with Crippen LogP contribution in [0.2, 0.25) is 0 Å². The van der Waals surface area contributed by atoms with Gasteiger partial charge in [0.25, 0.3) is 5.91 Å². The van der Waals surface area contributed by atoms with Crippen LogP contribution in [0.15, 0.2) is 23.1 Å². The van der Waals surface area contributed by atoms with E-state index < -0.39 is 15.9 Å². The summed E-state index contributed by atoms with van der Waals surface area (Å²) in [5.41, 5.74) is -0.0902. The lowest BCUT2D eigenvalue weighted by Crippen LogP contribution is -2.40. The maximum Gasteiger partial charge on any atom is 0.255 e. The number of phenols is 1. The molecule has 1 heterocycles. The molecule has 1 fully saturated rings. The molecule has 1 amide bonds. The van der Waals surface area contributed by atoms with Crippen molar-refractivity contribution >= 4 is 15.9 Å². The first-order chi connectivity index (χ1) is 10.3. The van der Waals surface area contributed by atoms with Crippen LogP contribution in [-0.4, -0.2) is 50.0 Å². The monoisotopic (exact) mass is 327 g/mol. The Balaban J connectivity index is 2.09. The van der Waals surface area contributed by atoms with E-state index in [2.05, 4.69) is 17.1 Å². The second-order valence-electron chi connectivity index (χ2n) is 5.36. The lowest BCUT2D eigenvalue weighted by atomic mass is 10.1. The summed E-state index contributed by atoms with van der Waals surface area (Å²) in [6.07, 6.45) is 2.11. The van der Waals surface area contributed by atoms with Crippen LogP contribution in [0.25, 0.3) is 0 Å². The molecule has 1 aromatic rings. The van der Waals surface area contributed by atoms with E-state index >= 15 is 0 Å². The molecule has 0 aliphatic carbocycles. The smallest absolute Gasteiger partial charge is 0.255 e. The molecule has 1 aliphatic heterocycles. The summed E-state index contributed by atoms with van der Waals surface area (Å²) in [7, 11) is -3.92. The average Bonchev–Trinajstić information content (AvgIpc) is 2.91. The predicted octanol–water partition coefficient (Wildman–Crippen LogP) is 0.254. The van der Waals surface area contributed by atoms with Crippen LogP contribution in [0.3, 0.4) is 0 Å². The van der Waals surface area contributed by atoms with E-state index in [1.165, 1.54) is 0 Å². The van der Waals surface area contributed by atoms with Crippen molar-refractivity contribution in [3.05, 3.63) is 23.8 Å². The number of carbonyl (C=O) groups excluding carboxylic acids is 1. The van der Waals surface area contributed by atoms with Gasteiger partial charge in [0.1, 0.15) is 5.75 Å². The minimum Gasteiger partial charge on any atom is -0.507 e. The molecule has 1 aliphatic rings. The SMILES string of the molecule is CCN1CCC[C@@H]1CNC(=O)c1cc(S(N)(=O)=O)ccc1O. The van der Waals surface area contributed by atoms with E-state index in [-0.39, 0.29) is 22.3 Å². The third-order valence-electron chi connectivity index (χ3n) is 3.94. The number of hydrogen-bond donors (Lipinski definition) is 3. The number of likely N-dealkylation sites (N-methyl/N-ethyl adjacent to an activating group) is 1. The summed E-state index contributed by atoms with van der Waals surface area (Å²) in [6, 6.07) is 3.68. The molecule has 1 saturated heterocycles. The number of nitrogens with two attached hydrogens (primary N) is 1. The average molecular weight is 327 g/mol. The first kappa shape index (κ1) is 16.7. The lowest BCUT2D eigenvalue weighted by molar-refractivity contribution is 0.0938. The number of benzene rings is 1. The summed E-state index contributed by atoms with van der Waals surface area (Å²) < 4.78 is 22.7. The summed E-state index contributed by atoms with van der Waals surface area (Å²) in [6.45, 7) is 4.48. The third kappa shape index (κ3) is 3.76. The van der Waals surface area contributed by atoms with Crippen LogP contribution in [0.4, 0.5) is 0 Å². The molecule has 22 heavy (non-hydrogen) atoms. The molecule has 0 spiro atoms. The molecule has 4 N–H and O–H groups in total. The molecule has 0 aromatic heterocycles. The van der Waals surface area contributed by atoms with Crippen molar-refractivity contribution in [2.75, 3.05) is 19.6 Å². The van der Waals surface area contributed by atoms with Gasteiger partial charge in [-0.2, -0.15) is 0 Å². The van der Waals surface area contributed by atoms with Crippen molar-refractivity contribution in [1.29, 1.82) is 0 Å². The fraction of sp³-hybridized carbons (Fsp3) is 0.500. The zero-order valence-corrected chi connectivity index (χ0v) is 13.3. The maximum atomic E-state index is 12.2. The fourth-order valence-corrected chi connectivity index (χ4v) is 3.26. The van der Waals surface area contributed by atoms with Gasteiger partial charge in [0.2, 0.25) is 10.0 Å². The number of rotatable bonds is 5. The van der Waals surface area contributed by atoms with E-state index in [4.69, 9.17) is 5.14 Å². The summed E-state index contributed by atoms with van der Waals surface area (Å²) >= 11 is 0. The zero-order chi connectivity index (χ0) is 16.3. The molecule has 0 radical (unpaired) electrons. The van der Waals surface area contributed by atoms with Gasteiger partial charge < -0.3 is 10.4 Å². The number of carbonyl (C=O) groups is 1. The molecular weight excluding hydrogens is 306 g/mol. The number of amides is 1. The number of hydrogen-bond acceptors (Lipinski definition) is 5. The van der Waals surface area contributed by atoms with Crippen LogP contribution in [0.5, 0.6) is 5.75 Å². The fourth-order valence-electron chi connectivity index (χ4n) is 2.72. The number of nitrogens with one attached hydrogen (secondary N) is 1. The molecule has 122 valence electrons. The van der Waals surface area contributed by atoms with Crippen LogP contribution in [-0.2, 0) is 10.0 Å². The molecule has 2 rings (SSSR count). The van der Waals surface area contributed by atoms with Gasteiger partial charge in [-0.15, -0.1) is 0 Å².